The number of aromatic nitrogens is 2. The molecule has 0 atom stereocenters. The molecule has 4 nitrogen and oxygen atoms in total. The Kier molecular flexibility index (Phi) is 3.96. The van der Waals surface area contributed by atoms with Gasteiger partial charge in [-0.3, -0.25) is 0 Å². The molecule has 0 radical (unpaired) electrons. The Hall–Kier alpha value is -1.33. The van der Waals surface area contributed by atoms with Crippen LogP contribution in [0.15, 0.2) is 45.5 Å². The molecular weight excluding hydrogens is 222 g/mol. The monoisotopic (exact) mass is 235 g/mol. The van der Waals surface area contributed by atoms with Crippen LogP contribution in [-0.2, 0) is 6.54 Å². The fraction of sp³-hybridized carbons (Fsp3) is 0.273. The third-order valence-electron chi connectivity index (χ3n) is 2.01. The summed E-state index contributed by atoms with van der Waals surface area (Å²) in [4.78, 5) is 8.40. The lowest BCUT2D eigenvalue weighted by molar-refractivity contribution is 0.453. The maximum absolute atomic E-state index is 5.19. The Bertz CT molecular complexity index is 431. The summed E-state index contributed by atoms with van der Waals surface area (Å²) in [6, 6.07) is 3.99. The molecule has 16 heavy (non-hydrogen) atoms. The van der Waals surface area contributed by atoms with Crippen molar-refractivity contribution in [1.82, 2.24) is 15.3 Å². The molecule has 2 aromatic heterocycles. The minimum atomic E-state index is 0.622. The average molecular weight is 235 g/mol. The zero-order valence-corrected chi connectivity index (χ0v) is 9.83. The summed E-state index contributed by atoms with van der Waals surface area (Å²) >= 11 is 1.44. The van der Waals surface area contributed by atoms with Crippen LogP contribution in [0.2, 0.25) is 0 Å². The topological polar surface area (TPSA) is 51.0 Å². The normalized spacial score (nSPS) is 10.6. The van der Waals surface area contributed by atoms with Gasteiger partial charge in [-0.2, -0.15) is 0 Å². The molecule has 0 aromatic carbocycles. The number of hydrogen-bond donors (Lipinski definition) is 1. The third-order valence-corrected chi connectivity index (χ3v) is 2.95. The molecule has 5 heteroatoms. The maximum Gasteiger partial charge on any atom is 0.261 e. The van der Waals surface area contributed by atoms with E-state index in [-0.39, 0.29) is 0 Å². The van der Waals surface area contributed by atoms with E-state index in [1.54, 1.807) is 18.7 Å². The molecule has 1 N–H and O–H groups in total. The highest BCUT2D eigenvalue weighted by Crippen LogP contribution is 2.26. The standard InChI is InChI=1S/C11H13N3OS/c1-2-12-8-9-4-3-5-13-10(9)16-11-14-6-7-15-11/h3-7,12H,2,8H2,1H3. The Morgan fingerprint density at radius 1 is 1.38 bits per heavy atom. The Morgan fingerprint density at radius 2 is 2.31 bits per heavy atom. The maximum atomic E-state index is 5.19. The van der Waals surface area contributed by atoms with Crippen LogP contribution >= 0.6 is 11.8 Å². The minimum Gasteiger partial charge on any atom is -0.440 e. The molecule has 0 fully saturated rings. The summed E-state index contributed by atoms with van der Waals surface area (Å²) in [6.45, 7) is 3.84. The van der Waals surface area contributed by atoms with Crippen molar-refractivity contribution < 1.29 is 4.42 Å². The summed E-state index contributed by atoms with van der Waals surface area (Å²) in [7, 11) is 0. The molecule has 0 spiro atoms. The molecule has 0 aliphatic rings. The zero-order valence-electron chi connectivity index (χ0n) is 9.01. The molecule has 2 rings (SSSR count). The van der Waals surface area contributed by atoms with Crippen molar-refractivity contribution in [1.29, 1.82) is 0 Å². The number of nitrogens with one attached hydrogen (secondary N) is 1. The highest BCUT2D eigenvalue weighted by molar-refractivity contribution is 7.99. The van der Waals surface area contributed by atoms with Crippen LogP contribution in [0, 0.1) is 0 Å². The van der Waals surface area contributed by atoms with Gasteiger partial charge in [0.1, 0.15) is 11.3 Å². The van der Waals surface area contributed by atoms with Gasteiger partial charge in [0, 0.05) is 12.7 Å². The van der Waals surface area contributed by atoms with E-state index in [4.69, 9.17) is 4.42 Å². The van der Waals surface area contributed by atoms with Crippen molar-refractivity contribution in [3.8, 4) is 0 Å². The second kappa shape index (κ2) is 5.67. The summed E-state index contributed by atoms with van der Waals surface area (Å²) in [5.74, 6) is 0. The van der Waals surface area contributed by atoms with Gasteiger partial charge < -0.3 is 9.73 Å². The van der Waals surface area contributed by atoms with Crippen LogP contribution < -0.4 is 5.32 Å². The van der Waals surface area contributed by atoms with Gasteiger partial charge in [-0.1, -0.05) is 13.0 Å². The second-order valence-electron chi connectivity index (χ2n) is 3.15. The van der Waals surface area contributed by atoms with Crippen LogP contribution in [0.5, 0.6) is 0 Å². The van der Waals surface area contributed by atoms with Crippen molar-refractivity contribution in [2.75, 3.05) is 6.54 Å². The van der Waals surface area contributed by atoms with Gasteiger partial charge in [0.15, 0.2) is 0 Å². The van der Waals surface area contributed by atoms with E-state index in [0.717, 1.165) is 23.7 Å². The molecule has 2 aromatic rings. The van der Waals surface area contributed by atoms with Crippen molar-refractivity contribution in [3.63, 3.8) is 0 Å². The molecule has 0 amide bonds. The van der Waals surface area contributed by atoms with Crippen molar-refractivity contribution in [2.24, 2.45) is 0 Å². The van der Waals surface area contributed by atoms with Gasteiger partial charge in [0.25, 0.3) is 5.22 Å². The van der Waals surface area contributed by atoms with E-state index < -0.39 is 0 Å². The molecule has 0 unspecified atom stereocenters. The van der Waals surface area contributed by atoms with E-state index in [1.165, 1.54) is 11.8 Å². The fourth-order valence-corrected chi connectivity index (χ4v) is 2.02. The first-order chi connectivity index (χ1) is 7.90. The van der Waals surface area contributed by atoms with Crippen molar-refractivity contribution >= 4 is 11.8 Å². The Balaban J connectivity index is 2.13. The molecule has 0 saturated carbocycles. The Labute approximate surface area is 98.5 Å². The van der Waals surface area contributed by atoms with Crippen LogP contribution in [0.25, 0.3) is 0 Å². The van der Waals surface area contributed by atoms with Gasteiger partial charge in [0.05, 0.1) is 6.20 Å². The van der Waals surface area contributed by atoms with Gasteiger partial charge in [-0.15, -0.1) is 0 Å². The van der Waals surface area contributed by atoms with Gasteiger partial charge >= 0.3 is 0 Å². The van der Waals surface area contributed by atoms with E-state index in [1.807, 2.05) is 6.07 Å². The minimum absolute atomic E-state index is 0.622. The zero-order chi connectivity index (χ0) is 11.2. The number of rotatable bonds is 5. The predicted octanol–water partition coefficient (Wildman–Crippen LogP) is 2.33. The quantitative estimate of drug-likeness (QED) is 0.862. The predicted molar refractivity (Wildman–Crippen MR) is 62.2 cm³/mol. The van der Waals surface area contributed by atoms with Gasteiger partial charge in [-0.05, 0) is 29.9 Å². The number of nitrogens with zero attached hydrogens (tertiary/aromatic N) is 2. The van der Waals surface area contributed by atoms with Crippen LogP contribution in [0.1, 0.15) is 12.5 Å². The summed E-state index contributed by atoms with van der Waals surface area (Å²) in [5, 5.41) is 4.84. The molecule has 84 valence electrons. The second-order valence-corrected chi connectivity index (χ2v) is 4.09. The molecule has 0 aliphatic heterocycles. The first-order valence-electron chi connectivity index (χ1n) is 5.12. The molecule has 0 bridgehead atoms. The highest BCUT2D eigenvalue weighted by Gasteiger charge is 2.07. The lowest BCUT2D eigenvalue weighted by Crippen LogP contribution is -2.12. The van der Waals surface area contributed by atoms with Crippen LogP contribution in [0.4, 0.5) is 0 Å². The molecule has 0 saturated heterocycles. The molecular formula is C11H13N3OS. The van der Waals surface area contributed by atoms with E-state index in [9.17, 15) is 0 Å². The number of hydrogen-bond acceptors (Lipinski definition) is 5. The first-order valence-corrected chi connectivity index (χ1v) is 5.93. The van der Waals surface area contributed by atoms with Crippen molar-refractivity contribution in [2.45, 2.75) is 23.7 Å². The summed E-state index contributed by atoms with van der Waals surface area (Å²) in [6.07, 6.45) is 4.98. The lowest BCUT2D eigenvalue weighted by Gasteiger charge is -2.06. The number of pyridine rings is 1. The van der Waals surface area contributed by atoms with E-state index in [2.05, 4.69) is 28.3 Å². The largest absolute Gasteiger partial charge is 0.440 e. The molecule has 2 heterocycles. The van der Waals surface area contributed by atoms with Gasteiger partial charge in [0.2, 0.25) is 0 Å². The Morgan fingerprint density at radius 3 is 3.06 bits per heavy atom. The fourth-order valence-electron chi connectivity index (χ4n) is 1.25. The lowest BCUT2D eigenvalue weighted by atomic mass is 10.3. The highest BCUT2D eigenvalue weighted by atomic mass is 32.2. The van der Waals surface area contributed by atoms with Crippen LogP contribution in [0.3, 0.4) is 0 Å². The molecule has 0 aliphatic carbocycles. The van der Waals surface area contributed by atoms with E-state index >= 15 is 0 Å². The summed E-state index contributed by atoms with van der Waals surface area (Å²) < 4.78 is 5.19. The van der Waals surface area contributed by atoms with Gasteiger partial charge in [-0.25, -0.2) is 9.97 Å². The van der Waals surface area contributed by atoms with Crippen molar-refractivity contribution in [3.05, 3.63) is 36.4 Å². The number of oxazole rings is 1. The third kappa shape index (κ3) is 2.84. The smallest absolute Gasteiger partial charge is 0.261 e. The van der Waals surface area contributed by atoms with Crippen LogP contribution in [-0.4, -0.2) is 16.5 Å². The SMILES string of the molecule is CCNCc1cccnc1Sc1ncco1. The summed E-state index contributed by atoms with van der Waals surface area (Å²) in [5.41, 5.74) is 1.16. The first kappa shape index (κ1) is 11.2. The van der Waals surface area contributed by atoms with E-state index in [0.29, 0.717) is 5.22 Å². The average Bonchev–Trinajstić information content (AvgIpc) is 2.81.